The van der Waals surface area contributed by atoms with Crippen LogP contribution in [-0.2, 0) is 9.68 Å². The average molecular weight is 187 g/mol. The second-order valence-corrected chi connectivity index (χ2v) is 1.17. The minimum atomic E-state index is -4.00. The van der Waals surface area contributed by atoms with E-state index in [0.29, 0.717) is 0 Å². The first-order valence-corrected chi connectivity index (χ1v) is 2.23. The molecule has 0 bridgehead atoms. The van der Waals surface area contributed by atoms with Crippen molar-refractivity contribution in [3.63, 3.8) is 0 Å². The van der Waals surface area contributed by atoms with Gasteiger partial charge in [-0.05, 0) is 0 Å². The Labute approximate surface area is 72.7 Å². The van der Waals surface area contributed by atoms with Crippen molar-refractivity contribution in [1.29, 1.82) is 0 Å². The first-order valence-electron chi connectivity index (χ1n) is 4.73. The van der Waals surface area contributed by atoms with Gasteiger partial charge in [0.1, 0.15) is 6.56 Å². The summed E-state index contributed by atoms with van der Waals surface area (Å²) in [5.74, 6) is 0. The van der Waals surface area contributed by atoms with E-state index in [1.807, 2.05) is 0 Å². The summed E-state index contributed by atoms with van der Waals surface area (Å²) in [6, 6.07) is 0. The van der Waals surface area contributed by atoms with Gasteiger partial charge in [-0.25, -0.2) is 0 Å². The van der Waals surface area contributed by atoms with Crippen molar-refractivity contribution >= 4 is 0 Å². The predicted octanol–water partition coefficient (Wildman–Crippen LogP) is -1.24. The van der Waals surface area contributed by atoms with Crippen molar-refractivity contribution in [1.82, 2.24) is 0 Å². The molecule has 0 amide bonds. The van der Waals surface area contributed by atoms with Crippen LogP contribution in [0.5, 0.6) is 0 Å². The molecule has 1 N–H and O–H groups in total. The summed E-state index contributed by atoms with van der Waals surface area (Å²) in [5.41, 5.74) is 0. The first kappa shape index (κ1) is 4.40. The Bertz CT molecular complexity index is 330. The zero-order valence-electron chi connectivity index (χ0n) is 10.3. The highest BCUT2D eigenvalue weighted by atomic mass is 17.0. The van der Waals surface area contributed by atoms with Crippen LogP contribution in [0.25, 0.3) is 0 Å². The summed E-state index contributed by atoms with van der Waals surface area (Å²) < 4.78 is 34.0. The van der Waals surface area contributed by atoms with Gasteiger partial charge in [0.05, 0.1) is 13.4 Å². The quantitative estimate of drug-likeness (QED) is 0.407. The molecule has 70 valence electrons. The predicted molar refractivity (Wildman–Crippen MR) is 31.9 cm³/mol. The molecule has 0 aromatic rings. The van der Waals surface area contributed by atoms with Crippen LogP contribution in [0.15, 0.2) is 0 Å². The molecule has 0 fully saturated rings. The van der Waals surface area contributed by atoms with Crippen LogP contribution in [-0.4, -0.2) is 34.5 Å². The topological polar surface area (TPSA) is 125 Å². The second kappa shape index (κ2) is 5.07. The van der Waals surface area contributed by atoms with Crippen LogP contribution in [0.2, 0.25) is 0 Å². The summed E-state index contributed by atoms with van der Waals surface area (Å²) in [7, 11) is 0. The van der Waals surface area contributed by atoms with Crippen LogP contribution in [0.4, 0.5) is 0 Å². The van der Waals surface area contributed by atoms with Gasteiger partial charge in [0.25, 0.3) is 10.2 Å². The number of aliphatic hydroxyl groups is 1. The van der Waals surface area contributed by atoms with E-state index in [4.69, 9.17) is 12.0 Å². The molecule has 0 aliphatic rings. The fourth-order valence-electron chi connectivity index (χ4n) is 0.215. The molecular formula is C3H6N2O7. The molecule has 0 radical (unpaired) electrons. The van der Waals surface area contributed by atoms with E-state index >= 15 is 0 Å². The molecule has 0 aliphatic heterocycles. The maximum absolute atomic E-state index is 9.99. The van der Waals surface area contributed by atoms with Gasteiger partial charge in [-0.3, -0.25) is 0 Å². The molecular weight excluding hydrogens is 176 g/mol. The fraction of sp³-hybridized carbons (Fsp3) is 1.00. The van der Waals surface area contributed by atoms with Gasteiger partial charge in [0.15, 0.2) is 6.08 Å². The van der Waals surface area contributed by atoms with Gasteiger partial charge in [-0.1, -0.05) is 0 Å². The van der Waals surface area contributed by atoms with Crippen molar-refractivity contribution in [2.75, 3.05) is 13.1 Å². The summed E-state index contributed by atoms with van der Waals surface area (Å²) in [5, 5.41) is 25.2. The van der Waals surface area contributed by atoms with Gasteiger partial charge >= 0.3 is 0 Å². The molecule has 0 saturated heterocycles. The molecule has 0 rings (SSSR count). The average Bonchev–Trinajstić information content (AvgIpc) is 1.96. The van der Waals surface area contributed by atoms with Crippen molar-refractivity contribution in [2.24, 2.45) is 0 Å². The lowest BCUT2D eigenvalue weighted by Gasteiger charge is -2.08. The van der Waals surface area contributed by atoms with E-state index in [-0.39, 0.29) is 0 Å². The van der Waals surface area contributed by atoms with Crippen LogP contribution < -0.4 is 0 Å². The van der Waals surface area contributed by atoms with Gasteiger partial charge in [-0.15, -0.1) is 20.2 Å². The van der Waals surface area contributed by atoms with E-state index < -0.39 is 29.4 Å². The Morgan fingerprint density at radius 3 is 2.50 bits per heavy atom. The normalized spacial score (nSPS) is 22.9. The number of hydrogen-bond acceptors (Lipinski definition) is 7. The summed E-state index contributed by atoms with van der Waals surface area (Å²) >= 11 is 0. The van der Waals surface area contributed by atoms with E-state index in [9.17, 15) is 20.2 Å². The second-order valence-electron chi connectivity index (χ2n) is 1.17. The lowest BCUT2D eigenvalue weighted by Crippen LogP contribution is -2.27. The molecule has 0 aromatic heterocycles. The molecule has 12 heavy (non-hydrogen) atoms. The van der Waals surface area contributed by atoms with Gasteiger partial charge < -0.3 is 14.8 Å². The molecule has 1 unspecified atom stereocenters. The minimum Gasteiger partial charge on any atom is -0.394 e. The third-order valence-electron chi connectivity index (χ3n) is 0.480. The molecule has 1 atom stereocenters. The van der Waals surface area contributed by atoms with Crippen LogP contribution in [0.3, 0.4) is 0 Å². The van der Waals surface area contributed by atoms with Crippen molar-refractivity contribution in [3.05, 3.63) is 20.2 Å². The van der Waals surface area contributed by atoms with Crippen molar-refractivity contribution in [2.45, 2.75) is 6.08 Å². The van der Waals surface area contributed by atoms with Crippen molar-refractivity contribution < 1.29 is 31.8 Å². The molecule has 9 nitrogen and oxygen atoms in total. The third-order valence-corrected chi connectivity index (χ3v) is 0.480. The molecule has 9 heteroatoms. The van der Waals surface area contributed by atoms with Crippen LogP contribution >= 0.6 is 0 Å². The molecule has 0 aliphatic carbocycles. The third kappa shape index (κ3) is 5.17. The van der Waals surface area contributed by atoms with E-state index in [1.165, 1.54) is 0 Å². The van der Waals surface area contributed by atoms with E-state index in [0.717, 1.165) is 0 Å². The zero-order valence-corrected chi connectivity index (χ0v) is 5.29. The molecule has 0 spiro atoms. The number of rotatable bonds is 6. The first-order chi connectivity index (χ1) is 7.33. The van der Waals surface area contributed by atoms with Gasteiger partial charge in [0.2, 0.25) is 0 Å². The zero-order chi connectivity index (χ0) is 14.1. The molecule has 0 heterocycles. The van der Waals surface area contributed by atoms with Gasteiger partial charge in [-0.2, -0.15) is 0 Å². The maximum Gasteiger partial charge on any atom is 0.294 e. The maximum atomic E-state index is 9.99. The molecule has 0 aromatic carbocycles. The monoisotopic (exact) mass is 187 g/mol. The van der Waals surface area contributed by atoms with Crippen molar-refractivity contribution in [3.8, 4) is 0 Å². The Kier molecular flexibility index (Phi) is 1.86. The Morgan fingerprint density at radius 2 is 2.17 bits per heavy atom. The Morgan fingerprint density at radius 1 is 1.58 bits per heavy atom. The largest absolute Gasteiger partial charge is 0.394 e. The lowest BCUT2D eigenvalue weighted by atomic mass is 10.4. The standard InChI is InChI=1S/C3H6N2O7/c6-1-3(12-5(9)10)2-11-4(7)8/h3,6H,1-2H2/i1D2,2D2,3D. The summed E-state index contributed by atoms with van der Waals surface area (Å²) in [6.45, 7) is -7.87. The van der Waals surface area contributed by atoms with Crippen LogP contribution in [0.1, 0.15) is 6.85 Å². The highest BCUT2D eigenvalue weighted by Gasteiger charge is 2.13. The molecule has 0 saturated carbocycles. The Hall–Kier alpha value is -1.64. The minimum absolute atomic E-state index is 1.75. The van der Waals surface area contributed by atoms with Gasteiger partial charge in [0, 0.05) is 0 Å². The SMILES string of the molecule is [2H]C([2H])(O)C([2H])(O[N+](=O)[O-])C([2H])([2H])O[N+](=O)[O-]. The van der Waals surface area contributed by atoms with E-state index in [1.54, 1.807) is 0 Å². The Balaban J connectivity index is 5.46. The summed E-state index contributed by atoms with van der Waals surface area (Å²) in [6.07, 6.45) is -4.00. The smallest absolute Gasteiger partial charge is 0.294 e. The number of nitrogens with zero attached hydrogens (tertiary/aromatic N) is 2. The summed E-state index contributed by atoms with van der Waals surface area (Å²) in [4.78, 5) is 26.5. The van der Waals surface area contributed by atoms with E-state index in [2.05, 4.69) is 9.68 Å². The number of hydrogen-bond donors (Lipinski definition) is 1. The lowest BCUT2D eigenvalue weighted by molar-refractivity contribution is -0.790. The highest BCUT2D eigenvalue weighted by Crippen LogP contribution is 1.92. The van der Waals surface area contributed by atoms with Crippen LogP contribution in [0, 0.1) is 20.2 Å². The fourth-order valence-corrected chi connectivity index (χ4v) is 0.215. The highest BCUT2D eigenvalue weighted by molar-refractivity contribution is 4.48.